The standard InChI is InChI=1S/C42H85/c1-4-7-10-12-14-16-18-20-22-23-24-26-28-30-32-34-36-38-41-42(39-9-6-3)40-37-35-33-31-29-27-25-21-19-17-15-13-11-8-5-2/h42H,3-41H2,1-2H3. The van der Waals surface area contributed by atoms with Gasteiger partial charge in [0.2, 0.25) is 0 Å². The first-order valence-electron chi connectivity index (χ1n) is 20.6. The molecule has 0 aliphatic rings. The zero-order valence-corrected chi connectivity index (χ0v) is 30.2. The predicted octanol–water partition coefficient (Wildman–Crippen LogP) is 16.3. The van der Waals surface area contributed by atoms with Crippen LogP contribution in [0.3, 0.4) is 0 Å². The number of unbranched alkanes of at least 4 members (excludes halogenated alkanes) is 32. The van der Waals surface area contributed by atoms with Crippen LogP contribution in [0.4, 0.5) is 0 Å². The molecule has 0 spiro atoms. The molecule has 0 N–H and O–H groups in total. The van der Waals surface area contributed by atoms with Crippen LogP contribution < -0.4 is 0 Å². The fourth-order valence-electron chi connectivity index (χ4n) is 7.01. The Morgan fingerprint density at radius 1 is 0.262 bits per heavy atom. The number of hydrogen-bond acceptors (Lipinski definition) is 0. The van der Waals surface area contributed by atoms with Gasteiger partial charge in [0, 0.05) is 0 Å². The van der Waals surface area contributed by atoms with E-state index in [-0.39, 0.29) is 0 Å². The smallest absolute Gasteiger partial charge is 0.0414 e. The summed E-state index contributed by atoms with van der Waals surface area (Å²) in [5.74, 6) is 0.995. The molecule has 0 bridgehead atoms. The van der Waals surface area contributed by atoms with Gasteiger partial charge in [-0.05, 0) is 5.92 Å². The second kappa shape index (κ2) is 39.0. The molecule has 0 aromatic heterocycles. The first-order chi connectivity index (χ1) is 20.8. The minimum atomic E-state index is 0.995. The first kappa shape index (κ1) is 42.0. The van der Waals surface area contributed by atoms with Crippen molar-refractivity contribution in [3.05, 3.63) is 6.92 Å². The molecule has 253 valence electrons. The van der Waals surface area contributed by atoms with Gasteiger partial charge in [-0.15, -0.1) is 0 Å². The Hall–Kier alpha value is 0. The van der Waals surface area contributed by atoms with E-state index >= 15 is 0 Å². The summed E-state index contributed by atoms with van der Waals surface area (Å²) in [7, 11) is 0. The van der Waals surface area contributed by atoms with E-state index in [2.05, 4.69) is 20.8 Å². The van der Waals surface area contributed by atoms with Crippen molar-refractivity contribution in [2.45, 2.75) is 258 Å². The largest absolute Gasteiger partial charge is 0.0654 e. The van der Waals surface area contributed by atoms with Crippen LogP contribution in [0.15, 0.2) is 0 Å². The average Bonchev–Trinajstić information content (AvgIpc) is 3.00. The zero-order valence-electron chi connectivity index (χ0n) is 30.2. The van der Waals surface area contributed by atoms with Crippen molar-refractivity contribution in [2.75, 3.05) is 0 Å². The van der Waals surface area contributed by atoms with Crippen molar-refractivity contribution in [1.82, 2.24) is 0 Å². The molecule has 0 fully saturated rings. The molecule has 0 heterocycles. The molecule has 0 aromatic carbocycles. The fourth-order valence-corrected chi connectivity index (χ4v) is 7.01. The quantitative estimate of drug-likeness (QED) is 0.0628. The molecule has 1 unspecified atom stereocenters. The summed E-state index contributed by atoms with van der Waals surface area (Å²) in [5, 5.41) is 0. The van der Waals surface area contributed by atoms with Crippen molar-refractivity contribution < 1.29 is 0 Å². The minimum Gasteiger partial charge on any atom is -0.0654 e. The van der Waals surface area contributed by atoms with Crippen LogP contribution in [0.25, 0.3) is 0 Å². The van der Waals surface area contributed by atoms with E-state index in [1.165, 1.54) is 238 Å². The highest BCUT2D eigenvalue weighted by molar-refractivity contribution is 4.62. The predicted molar refractivity (Wildman–Crippen MR) is 196 cm³/mol. The van der Waals surface area contributed by atoms with Gasteiger partial charge in [0.1, 0.15) is 0 Å². The molecule has 0 saturated heterocycles. The van der Waals surface area contributed by atoms with Gasteiger partial charge in [-0.1, -0.05) is 265 Å². The lowest BCUT2D eigenvalue weighted by Crippen LogP contribution is -2.01. The molecule has 0 saturated carbocycles. The topological polar surface area (TPSA) is 0 Å². The molecule has 0 aliphatic carbocycles. The highest BCUT2D eigenvalue weighted by atomic mass is 14.1. The molecule has 0 amide bonds. The van der Waals surface area contributed by atoms with E-state index in [1.807, 2.05) is 0 Å². The maximum atomic E-state index is 4.12. The normalized spacial score (nSPS) is 12.4. The van der Waals surface area contributed by atoms with Crippen molar-refractivity contribution >= 4 is 0 Å². The molecule has 0 rings (SSSR count). The van der Waals surface area contributed by atoms with E-state index in [0.29, 0.717) is 0 Å². The third-order valence-corrected chi connectivity index (χ3v) is 10.0. The SMILES string of the molecule is [CH2]CCCC(CCCCCCCCCCCCCCCCC)CCCCCCCCCCCCCCCCCCCC. The maximum Gasteiger partial charge on any atom is -0.0414 e. The van der Waals surface area contributed by atoms with Gasteiger partial charge in [0.05, 0.1) is 0 Å². The van der Waals surface area contributed by atoms with Crippen molar-refractivity contribution in [3.8, 4) is 0 Å². The van der Waals surface area contributed by atoms with E-state index in [0.717, 1.165) is 12.3 Å². The summed E-state index contributed by atoms with van der Waals surface area (Å²) in [6, 6.07) is 0. The van der Waals surface area contributed by atoms with Crippen LogP contribution in [-0.4, -0.2) is 0 Å². The van der Waals surface area contributed by atoms with E-state index in [9.17, 15) is 0 Å². The van der Waals surface area contributed by atoms with Crippen molar-refractivity contribution in [2.24, 2.45) is 5.92 Å². The van der Waals surface area contributed by atoms with Gasteiger partial charge >= 0.3 is 0 Å². The highest BCUT2D eigenvalue weighted by Crippen LogP contribution is 2.24. The number of rotatable bonds is 38. The molecule has 1 radical (unpaired) electrons. The Balaban J connectivity index is 3.43. The average molecular weight is 590 g/mol. The second-order valence-corrected chi connectivity index (χ2v) is 14.4. The van der Waals surface area contributed by atoms with Crippen LogP contribution in [0.2, 0.25) is 0 Å². The molecular weight excluding hydrogens is 504 g/mol. The molecule has 1 atom stereocenters. The summed E-state index contributed by atoms with van der Waals surface area (Å²) in [6.45, 7) is 8.74. The van der Waals surface area contributed by atoms with Gasteiger partial charge in [-0.2, -0.15) is 0 Å². The lowest BCUT2D eigenvalue weighted by molar-refractivity contribution is 0.372. The summed E-state index contributed by atoms with van der Waals surface area (Å²) in [5.41, 5.74) is 0. The summed E-state index contributed by atoms with van der Waals surface area (Å²) < 4.78 is 0. The third kappa shape index (κ3) is 36.2. The van der Waals surface area contributed by atoms with E-state index in [1.54, 1.807) is 0 Å². The summed E-state index contributed by atoms with van der Waals surface area (Å²) >= 11 is 0. The summed E-state index contributed by atoms with van der Waals surface area (Å²) in [6.07, 6.45) is 55.6. The van der Waals surface area contributed by atoms with Gasteiger partial charge in [0.25, 0.3) is 0 Å². The second-order valence-electron chi connectivity index (χ2n) is 14.4. The van der Waals surface area contributed by atoms with Crippen LogP contribution in [0, 0.1) is 12.8 Å². The highest BCUT2D eigenvalue weighted by Gasteiger charge is 2.08. The van der Waals surface area contributed by atoms with Crippen LogP contribution in [-0.2, 0) is 0 Å². The van der Waals surface area contributed by atoms with E-state index in [4.69, 9.17) is 0 Å². The monoisotopic (exact) mass is 590 g/mol. The van der Waals surface area contributed by atoms with Crippen molar-refractivity contribution in [3.63, 3.8) is 0 Å². The Kier molecular flexibility index (Phi) is 39.0. The zero-order chi connectivity index (χ0) is 30.4. The molecular formula is C42H85. The molecule has 0 aromatic rings. The van der Waals surface area contributed by atoms with Crippen LogP contribution >= 0.6 is 0 Å². The Morgan fingerprint density at radius 2 is 0.452 bits per heavy atom. The first-order valence-corrected chi connectivity index (χ1v) is 20.6. The Labute approximate surface area is 270 Å². The molecule has 42 heavy (non-hydrogen) atoms. The lowest BCUT2D eigenvalue weighted by atomic mass is 9.90. The minimum absolute atomic E-state index is 0.995. The van der Waals surface area contributed by atoms with Crippen molar-refractivity contribution in [1.29, 1.82) is 0 Å². The molecule has 0 heteroatoms. The van der Waals surface area contributed by atoms with Crippen LogP contribution in [0.5, 0.6) is 0 Å². The molecule has 0 aliphatic heterocycles. The fraction of sp³-hybridized carbons (Fsp3) is 0.976. The Bertz CT molecular complexity index is 439. The molecule has 0 nitrogen and oxygen atoms in total. The summed E-state index contributed by atoms with van der Waals surface area (Å²) in [4.78, 5) is 0. The maximum absolute atomic E-state index is 4.12. The third-order valence-electron chi connectivity index (χ3n) is 10.0. The number of hydrogen-bond donors (Lipinski definition) is 0. The lowest BCUT2D eigenvalue weighted by Gasteiger charge is -2.16. The van der Waals surface area contributed by atoms with E-state index < -0.39 is 0 Å². The van der Waals surface area contributed by atoms with Gasteiger partial charge in [0.15, 0.2) is 0 Å². The van der Waals surface area contributed by atoms with Gasteiger partial charge < -0.3 is 0 Å². The van der Waals surface area contributed by atoms with Gasteiger partial charge in [-0.3, -0.25) is 0 Å². The van der Waals surface area contributed by atoms with Crippen LogP contribution in [0.1, 0.15) is 258 Å². The van der Waals surface area contributed by atoms with Gasteiger partial charge in [-0.25, -0.2) is 0 Å². The Morgan fingerprint density at radius 3 is 0.667 bits per heavy atom.